The Kier molecular flexibility index (Phi) is 30.8. The van der Waals surface area contributed by atoms with Crippen molar-refractivity contribution in [1.82, 2.24) is 19.9 Å². The molecule has 0 N–H and O–H groups in total. The Morgan fingerprint density at radius 3 is 1.09 bits per heavy atom. The molecule has 4 nitrogen and oxygen atoms in total. The number of hydrogen-bond donors (Lipinski definition) is 0. The molecule has 0 aliphatic heterocycles. The van der Waals surface area contributed by atoms with Crippen LogP contribution in [0.25, 0.3) is 88.1 Å². The van der Waals surface area contributed by atoms with Crippen molar-refractivity contribution in [3.05, 3.63) is 241 Å². The minimum Gasteiger partial charge on any atom is -0.305 e. The summed E-state index contributed by atoms with van der Waals surface area (Å²) in [5.41, 5.74) is 14.0. The van der Waals surface area contributed by atoms with Crippen molar-refractivity contribution >= 4 is 96.1 Å². The first kappa shape index (κ1) is 83.5. The molecular weight excluding hydrogens is 1970 g/mol. The van der Waals surface area contributed by atoms with E-state index in [4.69, 9.17) is 19.9 Å². The van der Waals surface area contributed by atoms with Crippen molar-refractivity contribution in [1.29, 1.82) is 0 Å². The average Bonchev–Trinajstić information content (AvgIpc) is 0.806. The molecule has 12 rings (SSSR count). The standard InChI is InChI=1S/2C22H26NSi.2C21H24NSi.4Ir/c1-16(2)12-20-14-21(23-15-22(20)24(3,4)5)19-11-10-17-8-6-7-9-18(17)13-19;1-16(2)12-20-14-21(24(3,4)5)15-23-22(20)19-11-10-17-8-6-7-9-18(17)13-19;1-15(2)20-13-19(23(3,4)5)14-22-21(20)18-11-10-16-8-6-7-9-17(16)12-18;1-15(2)21-20(23(3,4)5)13-12-19(22-21)18-11-10-16-8-6-7-9-17(16)14-18;;;;/h2*6-10,13-16H,12H2,1-5H3;2*6-10,12-15H,1-5H3;;;;/q4*-1;;;;. The number of pyridine rings is 4. The maximum absolute atomic E-state index is 5.02. The summed E-state index contributed by atoms with van der Waals surface area (Å²) in [6, 6.07) is 76.0. The minimum absolute atomic E-state index is 0. The molecule has 0 aliphatic carbocycles. The van der Waals surface area contributed by atoms with Crippen molar-refractivity contribution in [2.45, 2.75) is 159 Å². The Labute approximate surface area is 646 Å². The van der Waals surface area contributed by atoms with Gasteiger partial charge < -0.3 is 19.9 Å². The normalized spacial score (nSPS) is 11.6. The van der Waals surface area contributed by atoms with Crippen LogP contribution in [-0.4, -0.2) is 52.2 Å². The maximum atomic E-state index is 5.02. The number of rotatable bonds is 14. The van der Waals surface area contributed by atoms with Gasteiger partial charge in [-0.05, 0) is 80.0 Å². The minimum atomic E-state index is -1.38. The number of hydrogen-bond acceptors (Lipinski definition) is 4. The molecule has 0 amide bonds. The predicted octanol–water partition coefficient (Wildman–Crippen LogP) is 21.6. The molecule has 12 heteroatoms. The summed E-state index contributed by atoms with van der Waals surface area (Å²) in [5.74, 6) is 2.16. The zero-order valence-electron chi connectivity index (χ0n) is 61.3. The Morgan fingerprint density at radius 1 is 0.327 bits per heavy atom. The Morgan fingerprint density at radius 2 is 0.694 bits per heavy atom. The molecule has 0 atom stereocenters. The van der Waals surface area contributed by atoms with Gasteiger partial charge >= 0.3 is 0 Å². The molecule has 4 radical (unpaired) electrons. The first-order valence-electron chi connectivity index (χ1n) is 34.0. The second-order valence-electron chi connectivity index (χ2n) is 31.2. The van der Waals surface area contributed by atoms with E-state index in [0.717, 1.165) is 57.9 Å². The SMILES string of the molecule is CC(C)Cc1cc(-c2[c-]cc3ccccc3c2)ncc1[Si](C)(C)C.CC(C)Cc1cc([Si](C)(C)C)cnc1-c1[c-]cc2ccccc2c1.CC(C)c1cc([Si](C)(C)C)cnc1-c1[c-]cc2ccccc2c1.CC(C)c1nc(-c2[c-]cc3ccccc3c2)ccc1[Si](C)(C)C.[Ir].[Ir].[Ir].[Ir]. The topological polar surface area (TPSA) is 51.6 Å². The molecule has 0 fully saturated rings. The van der Waals surface area contributed by atoms with E-state index in [-0.39, 0.29) is 80.4 Å². The molecule has 12 aromatic rings. The van der Waals surface area contributed by atoms with Crippen molar-refractivity contribution < 1.29 is 80.4 Å². The predicted molar refractivity (Wildman–Crippen MR) is 421 cm³/mol. The third kappa shape index (κ3) is 21.9. The van der Waals surface area contributed by atoms with Gasteiger partial charge in [-0.1, -0.05) is 300 Å². The van der Waals surface area contributed by atoms with Gasteiger partial charge in [0, 0.05) is 105 Å². The van der Waals surface area contributed by atoms with Crippen LogP contribution in [0.2, 0.25) is 78.6 Å². The summed E-state index contributed by atoms with van der Waals surface area (Å²) in [7, 11) is -5.47. The van der Waals surface area contributed by atoms with Crippen LogP contribution in [0, 0.1) is 36.1 Å². The van der Waals surface area contributed by atoms with E-state index in [9.17, 15) is 0 Å². The van der Waals surface area contributed by atoms with Crippen LogP contribution in [0.5, 0.6) is 0 Å². The Balaban J connectivity index is 0.000000233. The third-order valence-corrected chi connectivity index (χ3v) is 25.5. The summed E-state index contributed by atoms with van der Waals surface area (Å²) in [6.45, 7) is 46.7. The van der Waals surface area contributed by atoms with E-state index in [1.807, 2.05) is 0 Å². The fourth-order valence-electron chi connectivity index (χ4n) is 12.0. The Bertz CT molecular complexity index is 4600. The summed E-state index contributed by atoms with van der Waals surface area (Å²) in [5, 5.41) is 15.7. The monoisotopic (exact) mass is 2070 g/mol. The summed E-state index contributed by atoms with van der Waals surface area (Å²) in [4.78, 5) is 19.5. The van der Waals surface area contributed by atoms with Gasteiger partial charge in [0.2, 0.25) is 0 Å². The molecule has 8 aromatic carbocycles. The zero-order valence-corrected chi connectivity index (χ0v) is 74.9. The summed E-state index contributed by atoms with van der Waals surface area (Å²) < 4.78 is 0. The largest absolute Gasteiger partial charge is 0.305 e. The fourth-order valence-corrected chi connectivity index (χ4v) is 17.4. The average molecular weight is 2070 g/mol. The molecule has 4 heterocycles. The third-order valence-electron chi connectivity index (χ3n) is 17.3. The molecule has 0 saturated heterocycles. The first-order valence-corrected chi connectivity index (χ1v) is 48.0. The van der Waals surface area contributed by atoms with Crippen molar-refractivity contribution in [2.24, 2.45) is 11.8 Å². The molecule has 0 bridgehead atoms. The van der Waals surface area contributed by atoms with Gasteiger partial charge in [-0.15, -0.1) is 117 Å². The van der Waals surface area contributed by atoms with Gasteiger partial charge in [-0.3, -0.25) is 0 Å². The molecule has 0 aliphatic rings. The van der Waals surface area contributed by atoms with Gasteiger partial charge in [0.05, 0.1) is 32.3 Å². The van der Waals surface area contributed by atoms with E-state index in [0.29, 0.717) is 23.7 Å². The first-order chi connectivity index (χ1) is 44.4. The van der Waals surface area contributed by atoms with Crippen LogP contribution >= 0.6 is 0 Å². The van der Waals surface area contributed by atoms with Gasteiger partial charge in [0.15, 0.2) is 0 Å². The van der Waals surface area contributed by atoms with E-state index in [1.165, 1.54) is 86.2 Å². The molecule has 4 aromatic heterocycles. The number of fused-ring (bicyclic) bond motifs is 4. The van der Waals surface area contributed by atoms with Crippen LogP contribution in [0.1, 0.15) is 89.6 Å². The molecule has 98 heavy (non-hydrogen) atoms. The van der Waals surface area contributed by atoms with Crippen LogP contribution < -0.4 is 20.7 Å². The maximum Gasteiger partial charge on any atom is 0.0799 e. The molecular formula is C86H100Ir4N4Si4-4. The van der Waals surface area contributed by atoms with E-state index >= 15 is 0 Å². The van der Waals surface area contributed by atoms with Crippen LogP contribution in [0.15, 0.2) is 195 Å². The van der Waals surface area contributed by atoms with Crippen molar-refractivity contribution in [2.75, 3.05) is 0 Å². The van der Waals surface area contributed by atoms with Crippen molar-refractivity contribution in [3.8, 4) is 45.0 Å². The van der Waals surface area contributed by atoms with Gasteiger partial charge in [0.1, 0.15) is 0 Å². The smallest absolute Gasteiger partial charge is 0.0799 e. The number of aromatic nitrogens is 4. The zero-order chi connectivity index (χ0) is 67.9. The summed E-state index contributed by atoms with van der Waals surface area (Å²) in [6.07, 6.45) is 8.47. The molecule has 0 unspecified atom stereocenters. The van der Waals surface area contributed by atoms with Crippen molar-refractivity contribution in [3.63, 3.8) is 0 Å². The van der Waals surface area contributed by atoms with Crippen LogP contribution in [0.4, 0.5) is 0 Å². The van der Waals surface area contributed by atoms with Crippen LogP contribution in [-0.2, 0) is 93.3 Å². The number of nitrogens with zero attached hydrogens (tertiary/aromatic N) is 4. The Hall–Kier alpha value is -5.14. The quantitative estimate of drug-likeness (QED) is 0.0804. The molecule has 520 valence electrons. The van der Waals surface area contributed by atoms with E-state index in [1.54, 1.807) is 0 Å². The van der Waals surface area contributed by atoms with E-state index < -0.39 is 32.3 Å². The molecule has 0 saturated carbocycles. The molecule has 0 spiro atoms. The number of benzene rings is 8. The van der Waals surface area contributed by atoms with Gasteiger partial charge in [-0.2, -0.15) is 0 Å². The fraction of sp³-hybridized carbons (Fsp3) is 0.302. The second kappa shape index (κ2) is 36.1. The van der Waals surface area contributed by atoms with E-state index in [2.05, 4.69) is 353 Å². The summed E-state index contributed by atoms with van der Waals surface area (Å²) >= 11 is 0. The van der Waals surface area contributed by atoms with Gasteiger partial charge in [-0.25, -0.2) is 0 Å². The van der Waals surface area contributed by atoms with Gasteiger partial charge in [0.25, 0.3) is 0 Å². The van der Waals surface area contributed by atoms with Crippen LogP contribution in [0.3, 0.4) is 0 Å². The second-order valence-corrected chi connectivity index (χ2v) is 51.4.